The van der Waals surface area contributed by atoms with Gasteiger partial charge in [-0.3, -0.25) is 9.59 Å². The molecule has 0 aliphatic rings. The second kappa shape index (κ2) is 8.21. The zero-order chi connectivity index (χ0) is 17.5. The molecule has 0 unspecified atom stereocenters. The van der Waals surface area contributed by atoms with E-state index in [2.05, 4.69) is 15.6 Å². The van der Waals surface area contributed by atoms with Crippen LogP contribution in [0, 0.1) is 13.8 Å². The lowest BCUT2D eigenvalue weighted by Gasteiger charge is -2.09. The largest absolute Gasteiger partial charge is 0.383 e. The molecule has 6 nitrogen and oxygen atoms in total. The highest BCUT2D eigenvalue weighted by Crippen LogP contribution is 2.16. The number of aryl methyl sites for hydroxylation is 2. The molecule has 0 aliphatic heterocycles. The van der Waals surface area contributed by atoms with Crippen molar-refractivity contribution in [2.75, 3.05) is 25.6 Å². The second-order valence-electron chi connectivity index (χ2n) is 5.43. The van der Waals surface area contributed by atoms with Gasteiger partial charge in [0, 0.05) is 19.3 Å². The van der Waals surface area contributed by atoms with E-state index in [1.54, 1.807) is 25.3 Å². The smallest absolute Gasteiger partial charge is 0.274 e. The predicted molar refractivity (Wildman–Crippen MR) is 92.3 cm³/mol. The molecule has 2 N–H and O–H groups in total. The van der Waals surface area contributed by atoms with Gasteiger partial charge < -0.3 is 15.4 Å². The number of carbonyl (C=O) groups is 2. The number of pyridine rings is 1. The molecule has 1 heterocycles. The average Bonchev–Trinajstić information content (AvgIpc) is 2.57. The summed E-state index contributed by atoms with van der Waals surface area (Å²) >= 11 is 0. The average molecular weight is 327 g/mol. The summed E-state index contributed by atoms with van der Waals surface area (Å²) in [6.45, 7) is 4.72. The highest BCUT2D eigenvalue weighted by Gasteiger charge is 2.13. The van der Waals surface area contributed by atoms with Crippen LogP contribution in [-0.4, -0.2) is 37.1 Å². The third-order valence-electron chi connectivity index (χ3n) is 3.44. The lowest BCUT2D eigenvalue weighted by molar-refractivity contribution is 0.0932. The van der Waals surface area contributed by atoms with E-state index in [4.69, 9.17) is 4.74 Å². The predicted octanol–water partition coefficient (Wildman–Crippen LogP) is 2.33. The maximum absolute atomic E-state index is 12.4. The number of amides is 2. The van der Waals surface area contributed by atoms with E-state index in [1.165, 1.54) is 0 Å². The number of nitrogens with one attached hydrogen (secondary N) is 2. The van der Waals surface area contributed by atoms with Crippen LogP contribution in [0.25, 0.3) is 0 Å². The Morgan fingerprint density at radius 2 is 1.79 bits per heavy atom. The monoisotopic (exact) mass is 327 g/mol. The van der Waals surface area contributed by atoms with E-state index in [0.717, 1.165) is 16.8 Å². The lowest BCUT2D eigenvalue weighted by atomic mass is 10.1. The fourth-order valence-corrected chi connectivity index (χ4v) is 2.19. The van der Waals surface area contributed by atoms with Gasteiger partial charge in [-0.15, -0.1) is 0 Å². The Kier molecular flexibility index (Phi) is 6.03. The summed E-state index contributed by atoms with van der Waals surface area (Å²) in [5.41, 5.74) is 3.20. The van der Waals surface area contributed by atoms with Crippen LogP contribution in [0.2, 0.25) is 0 Å². The Hall–Kier alpha value is -2.73. The summed E-state index contributed by atoms with van der Waals surface area (Å²) in [6, 6.07) is 10.5. The molecular weight excluding hydrogens is 306 g/mol. The van der Waals surface area contributed by atoms with E-state index in [1.807, 2.05) is 32.0 Å². The van der Waals surface area contributed by atoms with E-state index in [0.29, 0.717) is 13.2 Å². The molecule has 2 amide bonds. The number of rotatable bonds is 6. The highest BCUT2D eigenvalue weighted by molar-refractivity contribution is 6.04. The minimum atomic E-state index is -0.353. The van der Waals surface area contributed by atoms with Gasteiger partial charge in [0.05, 0.1) is 6.61 Å². The second-order valence-corrected chi connectivity index (χ2v) is 5.43. The van der Waals surface area contributed by atoms with Crippen molar-refractivity contribution in [1.82, 2.24) is 10.3 Å². The van der Waals surface area contributed by atoms with E-state index in [-0.39, 0.29) is 23.2 Å². The topological polar surface area (TPSA) is 80.3 Å². The summed E-state index contributed by atoms with van der Waals surface area (Å²) in [4.78, 5) is 28.5. The van der Waals surface area contributed by atoms with Gasteiger partial charge in [-0.2, -0.15) is 0 Å². The van der Waals surface area contributed by atoms with Crippen LogP contribution in [0.15, 0.2) is 36.4 Å². The standard InChI is InChI=1S/C18H21N3O3/c1-12-7-8-14(13(2)11-12)21-18(23)16-6-4-5-15(20-16)17(22)19-9-10-24-3/h4-8,11H,9-10H2,1-3H3,(H,19,22)(H,21,23). The van der Waals surface area contributed by atoms with Gasteiger partial charge in [0.1, 0.15) is 11.4 Å². The van der Waals surface area contributed by atoms with Gasteiger partial charge in [0.15, 0.2) is 0 Å². The van der Waals surface area contributed by atoms with Crippen molar-refractivity contribution < 1.29 is 14.3 Å². The van der Waals surface area contributed by atoms with Crippen LogP contribution in [0.5, 0.6) is 0 Å². The maximum atomic E-state index is 12.4. The SMILES string of the molecule is COCCNC(=O)c1cccc(C(=O)Nc2ccc(C)cc2C)n1. The highest BCUT2D eigenvalue weighted by atomic mass is 16.5. The number of aromatic nitrogens is 1. The van der Waals surface area contributed by atoms with Crippen molar-refractivity contribution in [1.29, 1.82) is 0 Å². The molecule has 0 bridgehead atoms. The third kappa shape index (κ3) is 4.63. The zero-order valence-corrected chi connectivity index (χ0v) is 14.1. The fourth-order valence-electron chi connectivity index (χ4n) is 2.19. The maximum Gasteiger partial charge on any atom is 0.274 e. The molecule has 0 atom stereocenters. The first-order valence-electron chi connectivity index (χ1n) is 7.64. The van der Waals surface area contributed by atoms with E-state index >= 15 is 0 Å². The van der Waals surface area contributed by atoms with Crippen LogP contribution < -0.4 is 10.6 Å². The number of hydrogen-bond acceptors (Lipinski definition) is 4. The molecule has 0 spiro atoms. The normalized spacial score (nSPS) is 10.3. The molecule has 24 heavy (non-hydrogen) atoms. The van der Waals surface area contributed by atoms with Crippen molar-refractivity contribution >= 4 is 17.5 Å². The Balaban J connectivity index is 2.09. The molecule has 126 valence electrons. The molecule has 6 heteroatoms. The Morgan fingerprint density at radius 3 is 2.46 bits per heavy atom. The van der Waals surface area contributed by atoms with Gasteiger partial charge in [0.2, 0.25) is 0 Å². The minimum absolute atomic E-state index is 0.189. The number of anilines is 1. The number of methoxy groups -OCH3 is 1. The number of carbonyl (C=O) groups excluding carboxylic acids is 2. The van der Waals surface area contributed by atoms with Crippen LogP contribution in [-0.2, 0) is 4.74 Å². The first-order valence-corrected chi connectivity index (χ1v) is 7.64. The molecule has 0 radical (unpaired) electrons. The van der Waals surface area contributed by atoms with Crippen LogP contribution in [0.1, 0.15) is 32.1 Å². The van der Waals surface area contributed by atoms with Crippen LogP contribution in [0.4, 0.5) is 5.69 Å². The first kappa shape index (κ1) is 17.6. The van der Waals surface area contributed by atoms with Crippen LogP contribution in [0.3, 0.4) is 0 Å². The Morgan fingerprint density at radius 1 is 1.08 bits per heavy atom. The summed E-state index contributed by atoms with van der Waals surface area (Å²) in [5, 5.41) is 5.49. The summed E-state index contributed by atoms with van der Waals surface area (Å²) in [7, 11) is 1.56. The molecule has 0 saturated heterocycles. The van der Waals surface area contributed by atoms with Crippen molar-refractivity contribution in [3.8, 4) is 0 Å². The molecule has 2 rings (SSSR count). The quantitative estimate of drug-likeness (QED) is 0.798. The summed E-state index contributed by atoms with van der Waals surface area (Å²) < 4.78 is 4.88. The van der Waals surface area contributed by atoms with Crippen molar-refractivity contribution in [2.24, 2.45) is 0 Å². The van der Waals surface area contributed by atoms with Crippen LogP contribution >= 0.6 is 0 Å². The van der Waals surface area contributed by atoms with E-state index < -0.39 is 0 Å². The lowest BCUT2D eigenvalue weighted by Crippen LogP contribution is -2.28. The summed E-state index contributed by atoms with van der Waals surface area (Å²) in [6.07, 6.45) is 0. The van der Waals surface area contributed by atoms with Crippen molar-refractivity contribution in [3.05, 3.63) is 58.9 Å². The van der Waals surface area contributed by atoms with Gasteiger partial charge >= 0.3 is 0 Å². The van der Waals surface area contributed by atoms with Gasteiger partial charge in [0.25, 0.3) is 11.8 Å². The number of ether oxygens (including phenoxy) is 1. The number of nitrogens with zero attached hydrogens (tertiary/aromatic N) is 1. The number of hydrogen-bond donors (Lipinski definition) is 2. The minimum Gasteiger partial charge on any atom is -0.383 e. The zero-order valence-electron chi connectivity index (χ0n) is 14.1. The van der Waals surface area contributed by atoms with Crippen molar-refractivity contribution in [2.45, 2.75) is 13.8 Å². The fraction of sp³-hybridized carbons (Fsp3) is 0.278. The van der Waals surface area contributed by atoms with E-state index in [9.17, 15) is 9.59 Å². The van der Waals surface area contributed by atoms with Gasteiger partial charge in [-0.25, -0.2) is 4.98 Å². The van der Waals surface area contributed by atoms with Gasteiger partial charge in [-0.05, 0) is 37.6 Å². The number of benzene rings is 1. The molecular formula is C18H21N3O3. The van der Waals surface area contributed by atoms with Gasteiger partial charge in [-0.1, -0.05) is 23.8 Å². The molecule has 1 aromatic carbocycles. The van der Waals surface area contributed by atoms with Crippen molar-refractivity contribution in [3.63, 3.8) is 0 Å². The Labute approximate surface area is 141 Å². The molecule has 0 saturated carbocycles. The third-order valence-corrected chi connectivity index (χ3v) is 3.44. The first-order chi connectivity index (χ1) is 11.5. The molecule has 0 fully saturated rings. The molecule has 0 aliphatic carbocycles. The molecule has 2 aromatic rings. The Bertz CT molecular complexity index is 744. The summed E-state index contributed by atoms with van der Waals surface area (Å²) in [5.74, 6) is -0.693. The molecule has 1 aromatic heterocycles.